The number of amides is 1. The molecule has 136 valence electrons. The standard InChI is InChI=1S/C21H19FN4O/c22-17-7-9-18(10-8-17)25-21(27)16-5-3-15(4-6-16)19-13-20(24-14-23-19)26-11-1-2-12-26/h3-10,13-14H,1-2,11-12H2,(H,25,27). The normalized spacial score (nSPS) is 13.6. The molecule has 1 aromatic heterocycles. The highest BCUT2D eigenvalue weighted by Gasteiger charge is 2.14. The molecule has 2 heterocycles. The van der Waals surface area contributed by atoms with Crippen LogP contribution in [0.4, 0.5) is 15.9 Å². The van der Waals surface area contributed by atoms with Gasteiger partial charge >= 0.3 is 0 Å². The lowest BCUT2D eigenvalue weighted by Gasteiger charge is -2.16. The Morgan fingerprint density at radius 2 is 1.67 bits per heavy atom. The summed E-state index contributed by atoms with van der Waals surface area (Å²) in [4.78, 5) is 23.3. The summed E-state index contributed by atoms with van der Waals surface area (Å²) in [5.41, 5.74) is 2.84. The second-order valence-corrected chi connectivity index (χ2v) is 6.49. The van der Waals surface area contributed by atoms with Gasteiger partial charge in [0.25, 0.3) is 5.91 Å². The molecule has 0 atom stereocenters. The summed E-state index contributed by atoms with van der Waals surface area (Å²) in [5, 5.41) is 2.75. The van der Waals surface area contributed by atoms with Crippen LogP contribution in [0.2, 0.25) is 0 Å². The van der Waals surface area contributed by atoms with Crippen LogP contribution in [0.3, 0.4) is 0 Å². The average Bonchev–Trinajstić information content (AvgIpc) is 3.25. The van der Waals surface area contributed by atoms with Crippen molar-refractivity contribution in [2.75, 3.05) is 23.3 Å². The summed E-state index contributed by atoms with van der Waals surface area (Å²) < 4.78 is 13.0. The van der Waals surface area contributed by atoms with Crippen LogP contribution < -0.4 is 10.2 Å². The number of carbonyl (C=O) groups excluding carboxylic acids is 1. The first kappa shape index (κ1) is 17.1. The molecule has 27 heavy (non-hydrogen) atoms. The van der Waals surface area contributed by atoms with E-state index in [-0.39, 0.29) is 11.7 Å². The maximum atomic E-state index is 13.0. The van der Waals surface area contributed by atoms with Gasteiger partial charge in [-0.1, -0.05) is 12.1 Å². The second kappa shape index (κ2) is 7.53. The first-order valence-electron chi connectivity index (χ1n) is 8.93. The molecule has 6 heteroatoms. The van der Waals surface area contributed by atoms with E-state index in [0.717, 1.165) is 30.2 Å². The molecule has 1 aliphatic heterocycles. The molecule has 0 aliphatic carbocycles. The molecule has 1 amide bonds. The Morgan fingerprint density at radius 1 is 0.963 bits per heavy atom. The molecule has 1 aliphatic rings. The van der Waals surface area contributed by atoms with Crippen LogP contribution >= 0.6 is 0 Å². The minimum Gasteiger partial charge on any atom is -0.357 e. The molecule has 0 bridgehead atoms. The van der Waals surface area contributed by atoms with Crippen LogP contribution in [0.1, 0.15) is 23.2 Å². The van der Waals surface area contributed by atoms with Gasteiger partial charge < -0.3 is 10.2 Å². The molecule has 0 radical (unpaired) electrons. The van der Waals surface area contributed by atoms with Gasteiger partial charge in [-0.05, 0) is 49.2 Å². The Morgan fingerprint density at radius 3 is 2.37 bits per heavy atom. The predicted molar refractivity (Wildman–Crippen MR) is 103 cm³/mol. The Kier molecular flexibility index (Phi) is 4.78. The highest BCUT2D eigenvalue weighted by atomic mass is 19.1. The van der Waals surface area contributed by atoms with E-state index in [1.54, 1.807) is 18.5 Å². The molecular weight excluding hydrogens is 343 g/mol. The van der Waals surface area contributed by atoms with Crippen molar-refractivity contribution in [3.8, 4) is 11.3 Å². The van der Waals surface area contributed by atoms with Crippen molar-refractivity contribution in [2.24, 2.45) is 0 Å². The van der Waals surface area contributed by atoms with Gasteiger partial charge in [0.05, 0.1) is 5.69 Å². The Labute approximate surface area is 156 Å². The van der Waals surface area contributed by atoms with Crippen LogP contribution in [0, 0.1) is 5.82 Å². The van der Waals surface area contributed by atoms with Gasteiger partial charge in [0.15, 0.2) is 0 Å². The lowest BCUT2D eigenvalue weighted by Crippen LogP contribution is -2.19. The largest absolute Gasteiger partial charge is 0.357 e. The summed E-state index contributed by atoms with van der Waals surface area (Å²) in [7, 11) is 0. The number of benzene rings is 2. The van der Waals surface area contributed by atoms with Crippen LogP contribution in [0.5, 0.6) is 0 Å². The quantitative estimate of drug-likeness (QED) is 0.758. The molecular formula is C21H19FN4O. The summed E-state index contributed by atoms with van der Waals surface area (Å²) in [6.45, 7) is 2.05. The van der Waals surface area contributed by atoms with Gasteiger partial charge in [0, 0.05) is 36.0 Å². The third kappa shape index (κ3) is 3.95. The molecule has 2 aromatic carbocycles. The van der Waals surface area contributed by atoms with Crippen molar-refractivity contribution in [1.29, 1.82) is 0 Å². The molecule has 1 fully saturated rings. The van der Waals surface area contributed by atoms with E-state index < -0.39 is 0 Å². The second-order valence-electron chi connectivity index (χ2n) is 6.49. The number of nitrogens with zero attached hydrogens (tertiary/aromatic N) is 3. The van der Waals surface area contributed by atoms with Crippen molar-refractivity contribution in [3.05, 3.63) is 72.3 Å². The summed E-state index contributed by atoms with van der Waals surface area (Å²) >= 11 is 0. The average molecular weight is 362 g/mol. The van der Waals surface area contributed by atoms with E-state index in [4.69, 9.17) is 0 Å². The Hall–Kier alpha value is -3.28. The SMILES string of the molecule is O=C(Nc1ccc(F)cc1)c1ccc(-c2cc(N3CCCC3)ncn2)cc1. The third-order valence-electron chi connectivity index (χ3n) is 4.63. The molecule has 1 saturated heterocycles. The van der Waals surface area contributed by atoms with Crippen molar-refractivity contribution < 1.29 is 9.18 Å². The Balaban J connectivity index is 1.49. The zero-order valence-corrected chi connectivity index (χ0v) is 14.7. The lowest BCUT2D eigenvalue weighted by atomic mass is 10.1. The van der Waals surface area contributed by atoms with Crippen molar-refractivity contribution in [2.45, 2.75) is 12.8 Å². The highest BCUT2D eigenvalue weighted by Crippen LogP contribution is 2.23. The molecule has 0 unspecified atom stereocenters. The minimum atomic E-state index is -0.337. The number of hydrogen-bond donors (Lipinski definition) is 1. The van der Waals surface area contributed by atoms with Crippen LogP contribution in [-0.2, 0) is 0 Å². The van der Waals surface area contributed by atoms with E-state index in [1.165, 1.54) is 37.1 Å². The fourth-order valence-electron chi connectivity index (χ4n) is 3.15. The van der Waals surface area contributed by atoms with E-state index >= 15 is 0 Å². The monoisotopic (exact) mass is 362 g/mol. The number of halogens is 1. The smallest absolute Gasteiger partial charge is 0.255 e. The third-order valence-corrected chi connectivity index (χ3v) is 4.63. The van der Waals surface area contributed by atoms with Crippen molar-refractivity contribution in [3.63, 3.8) is 0 Å². The maximum Gasteiger partial charge on any atom is 0.255 e. The Bertz CT molecular complexity index is 935. The topological polar surface area (TPSA) is 58.1 Å². The van der Waals surface area contributed by atoms with Gasteiger partial charge in [-0.25, -0.2) is 14.4 Å². The minimum absolute atomic E-state index is 0.242. The van der Waals surface area contributed by atoms with Gasteiger partial charge in [-0.2, -0.15) is 0 Å². The number of carbonyl (C=O) groups is 1. The first-order chi connectivity index (χ1) is 13.2. The van der Waals surface area contributed by atoms with E-state index in [1.807, 2.05) is 18.2 Å². The fraction of sp³-hybridized carbons (Fsp3) is 0.190. The van der Waals surface area contributed by atoms with Crippen molar-refractivity contribution in [1.82, 2.24) is 9.97 Å². The van der Waals surface area contributed by atoms with Crippen LogP contribution in [0.15, 0.2) is 60.9 Å². The summed E-state index contributed by atoms with van der Waals surface area (Å²) in [5.74, 6) is 0.361. The highest BCUT2D eigenvalue weighted by molar-refractivity contribution is 6.04. The molecule has 5 nitrogen and oxygen atoms in total. The first-order valence-corrected chi connectivity index (χ1v) is 8.93. The lowest BCUT2D eigenvalue weighted by molar-refractivity contribution is 0.102. The van der Waals surface area contributed by atoms with Gasteiger partial charge in [0.1, 0.15) is 18.0 Å². The number of hydrogen-bond acceptors (Lipinski definition) is 4. The number of aromatic nitrogens is 2. The molecule has 3 aromatic rings. The van der Waals surface area contributed by atoms with Gasteiger partial charge in [-0.15, -0.1) is 0 Å². The molecule has 0 saturated carbocycles. The summed E-state index contributed by atoms with van der Waals surface area (Å²) in [6, 6.07) is 14.9. The van der Waals surface area contributed by atoms with Crippen LogP contribution in [-0.4, -0.2) is 29.0 Å². The maximum absolute atomic E-state index is 13.0. The molecule has 0 spiro atoms. The van der Waals surface area contributed by atoms with Gasteiger partial charge in [0.2, 0.25) is 0 Å². The van der Waals surface area contributed by atoms with Crippen molar-refractivity contribution >= 4 is 17.4 Å². The summed E-state index contributed by atoms with van der Waals surface area (Å²) in [6.07, 6.45) is 3.96. The van der Waals surface area contributed by atoms with E-state index in [9.17, 15) is 9.18 Å². The number of nitrogens with one attached hydrogen (secondary N) is 1. The van der Waals surface area contributed by atoms with E-state index in [0.29, 0.717) is 11.3 Å². The fourth-order valence-corrected chi connectivity index (χ4v) is 3.15. The zero-order chi connectivity index (χ0) is 18.6. The number of rotatable bonds is 4. The predicted octanol–water partition coefficient (Wildman–Crippen LogP) is 4.14. The zero-order valence-electron chi connectivity index (χ0n) is 14.7. The molecule has 4 rings (SSSR count). The molecule has 1 N–H and O–H groups in total. The number of anilines is 2. The van der Waals surface area contributed by atoms with Gasteiger partial charge in [-0.3, -0.25) is 4.79 Å². The van der Waals surface area contributed by atoms with Crippen LogP contribution in [0.25, 0.3) is 11.3 Å². The van der Waals surface area contributed by atoms with E-state index in [2.05, 4.69) is 20.2 Å².